The summed E-state index contributed by atoms with van der Waals surface area (Å²) in [5.74, 6) is 0. The van der Waals surface area contributed by atoms with Gasteiger partial charge in [0, 0.05) is 0 Å². The van der Waals surface area contributed by atoms with E-state index in [1.807, 2.05) is 0 Å². The fraction of sp³-hybridized carbons (Fsp3) is 0. The molecule has 0 aromatic rings. The average Bonchev–Trinajstić information content (AvgIpc) is 1.04. The van der Waals surface area contributed by atoms with Gasteiger partial charge in [0.15, 0.2) is 0 Å². The quantitative estimate of drug-likeness (QED) is 0.303. The number of rotatable bonds is 0. The summed E-state index contributed by atoms with van der Waals surface area (Å²) in [5.41, 5.74) is 0. The molecule has 15 heteroatoms. The van der Waals surface area contributed by atoms with Crippen molar-refractivity contribution >= 4 is 107 Å². The van der Waals surface area contributed by atoms with Gasteiger partial charge in [0.2, 0.25) is 0 Å². The van der Waals surface area contributed by atoms with Crippen LogP contribution < -0.4 is 9.79 Å². The van der Waals surface area contributed by atoms with Gasteiger partial charge < -0.3 is 24.7 Å². The van der Waals surface area contributed by atoms with E-state index in [2.05, 4.69) is 0 Å². The van der Waals surface area contributed by atoms with Crippen molar-refractivity contribution in [2.75, 3.05) is 0 Å². The Bertz CT molecular complexity index is 186. The Kier molecular flexibility index (Phi) is 15.6. The van der Waals surface area contributed by atoms with Gasteiger partial charge in [-0.25, -0.2) is 0 Å². The molecular formula is H6F6O5P2Sr2. The van der Waals surface area contributed by atoms with E-state index in [4.69, 9.17) is 19.2 Å². The molecule has 0 aliphatic rings. The predicted octanol–water partition coefficient (Wildman–Crippen LogP) is -0.819. The summed E-state index contributed by atoms with van der Waals surface area (Å²) >= 11 is 0. The Morgan fingerprint density at radius 2 is 1.07 bits per heavy atom. The third-order valence-electron chi connectivity index (χ3n) is 0. The van der Waals surface area contributed by atoms with Crippen LogP contribution in [-0.2, 0) is 4.57 Å². The second-order valence-corrected chi connectivity index (χ2v) is 4.28. The van der Waals surface area contributed by atoms with Crippen molar-refractivity contribution in [2.45, 2.75) is 0 Å². The van der Waals surface area contributed by atoms with Crippen LogP contribution in [0.5, 0.6) is 0 Å². The van der Waals surface area contributed by atoms with E-state index in [0.29, 0.717) is 0 Å². The Morgan fingerprint density at radius 3 is 1.07 bits per heavy atom. The van der Waals surface area contributed by atoms with Crippen LogP contribution in [0.25, 0.3) is 0 Å². The van der Waals surface area contributed by atoms with Crippen LogP contribution in [0.4, 0.5) is 25.2 Å². The topological polar surface area (TPSA) is 115 Å². The summed E-state index contributed by atoms with van der Waals surface area (Å²) in [6.45, 7) is 0. The fourth-order valence-electron chi connectivity index (χ4n) is 0. The van der Waals surface area contributed by atoms with Crippen LogP contribution in [0.3, 0.4) is 0 Å². The maximum absolute atomic E-state index is 10.7. The van der Waals surface area contributed by atoms with Gasteiger partial charge in [-0.3, -0.25) is 0 Å². The summed E-state index contributed by atoms with van der Waals surface area (Å²) in [7, 11) is -15.8. The number of halogens is 6. The molecule has 0 aliphatic carbocycles. The van der Waals surface area contributed by atoms with Gasteiger partial charge >= 0.3 is 125 Å². The van der Waals surface area contributed by atoms with Gasteiger partial charge in [-0.05, 0) is 0 Å². The summed E-state index contributed by atoms with van der Waals surface area (Å²) in [6.07, 6.45) is 0. The van der Waals surface area contributed by atoms with Crippen molar-refractivity contribution in [2.24, 2.45) is 0 Å². The molecule has 0 saturated heterocycles. The SMILES string of the molecule is F[P-](F)(F)(F)(F)F.O.O=P([O-])([O-])O.[H+].[Sr+2].[SrH2]. The molecule has 0 heterocycles. The zero-order chi connectivity index (χ0) is 10.9. The molecule has 0 fully saturated rings. The van der Waals surface area contributed by atoms with Crippen molar-refractivity contribution in [1.82, 2.24) is 0 Å². The van der Waals surface area contributed by atoms with E-state index in [1.54, 1.807) is 0 Å². The van der Waals surface area contributed by atoms with Crippen molar-refractivity contribution < 1.29 is 51.3 Å². The number of phosphoric acid groups is 1. The van der Waals surface area contributed by atoms with Gasteiger partial charge in [-0.2, -0.15) is 0 Å². The van der Waals surface area contributed by atoms with Gasteiger partial charge in [0.05, 0.1) is 7.82 Å². The normalized spacial score (nSPS) is 14.7. The Hall–Kier alpha value is 3.04. The molecule has 0 bridgehead atoms. The minimum absolute atomic E-state index is 0. The van der Waals surface area contributed by atoms with E-state index in [1.165, 1.54) is 0 Å². The molecule has 0 atom stereocenters. The molecule has 0 aromatic heterocycles. The molecule has 15 heavy (non-hydrogen) atoms. The molecule has 0 rings (SSSR count). The molecule has 5 nitrogen and oxygen atoms in total. The van der Waals surface area contributed by atoms with Gasteiger partial charge in [0.25, 0.3) is 0 Å². The van der Waals surface area contributed by atoms with Gasteiger partial charge in [-0.1, -0.05) is 0 Å². The van der Waals surface area contributed by atoms with Crippen molar-refractivity contribution in [3.63, 3.8) is 0 Å². The van der Waals surface area contributed by atoms with E-state index >= 15 is 0 Å². The first-order valence-electron chi connectivity index (χ1n) is 1.76. The van der Waals surface area contributed by atoms with Crippen LogP contribution in [0.1, 0.15) is 1.43 Å². The van der Waals surface area contributed by atoms with Crippen LogP contribution in [0.15, 0.2) is 0 Å². The first-order chi connectivity index (χ1) is 4.45. The molecule has 92 valence electrons. The molecule has 0 radical (unpaired) electrons. The minimum atomic E-state index is -10.7. The van der Waals surface area contributed by atoms with Crippen molar-refractivity contribution in [1.29, 1.82) is 0 Å². The van der Waals surface area contributed by atoms with E-state index in [0.717, 1.165) is 0 Å². The first kappa shape index (κ1) is 30.8. The van der Waals surface area contributed by atoms with Crippen LogP contribution >= 0.6 is 15.6 Å². The van der Waals surface area contributed by atoms with Crippen LogP contribution in [0.2, 0.25) is 0 Å². The summed E-state index contributed by atoms with van der Waals surface area (Å²) in [4.78, 5) is 24.3. The molecule has 3 N–H and O–H groups in total. The second kappa shape index (κ2) is 7.59. The molecular weight excluding hydrogens is 431 g/mol. The Balaban J connectivity index is -0.0000000258. The average molecular weight is 437 g/mol. The fourth-order valence-corrected chi connectivity index (χ4v) is 0. The summed E-state index contributed by atoms with van der Waals surface area (Å²) in [6, 6.07) is 0. The number of hydrogen-bond donors (Lipinski definition) is 1. The molecule has 0 unspecified atom stereocenters. The standard InChI is InChI=1S/F6P.H3O4P.H2O.2Sr.2H/c1-7(2,3,4,5)6;1-5(2,3)4;;;;;/h;(H3,1,2,3,4);1H2;;;;/q-1;;;;+2;;/p-1. The van der Waals surface area contributed by atoms with Crippen LogP contribution in [-0.4, -0.2) is 101 Å². The van der Waals surface area contributed by atoms with E-state index in [-0.39, 0.29) is 97.9 Å². The third kappa shape index (κ3) is 417. The van der Waals surface area contributed by atoms with Crippen LogP contribution in [0, 0.1) is 0 Å². The molecule has 0 aromatic carbocycles. The third-order valence-corrected chi connectivity index (χ3v) is 0. The molecule has 0 saturated carbocycles. The van der Waals surface area contributed by atoms with E-state index < -0.39 is 15.6 Å². The maximum atomic E-state index is 9.87. The van der Waals surface area contributed by atoms with Gasteiger partial charge in [0.1, 0.15) is 0 Å². The van der Waals surface area contributed by atoms with Crippen molar-refractivity contribution in [3.8, 4) is 0 Å². The summed E-state index contributed by atoms with van der Waals surface area (Å²) < 4.78 is 67.9. The first-order valence-corrected chi connectivity index (χ1v) is 5.29. The van der Waals surface area contributed by atoms with E-state index in [9.17, 15) is 25.2 Å². The molecule has 0 spiro atoms. The van der Waals surface area contributed by atoms with Crippen molar-refractivity contribution in [3.05, 3.63) is 0 Å². The predicted molar refractivity (Wildman–Crippen MR) is 42.4 cm³/mol. The molecule has 0 amide bonds. The Morgan fingerprint density at radius 1 is 1.07 bits per heavy atom. The van der Waals surface area contributed by atoms with Gasteiger partial charge in [-0.15, -0.1) is 0 Å². The Labute approximate surface area is 155 Å². The second-order valence-electron chi connectivity index (χ2n) is 1.43. The summed E-state index contributed by atoms with van der Waals surface area (Å²) in [5, 5.41) is 0. The number of hydrogen-bond acceptors (Lipinski definition) is 3. The zero-order valence-electron chi connectivity index (χ0n) is 7.04. The monoisotopic (exact) mass is 438 g/mol. The zero-order valence-corrected chi connectivity index (χ0v) is 11.3. The molecule has 0 aliphatic heterocycles.